The molecule has 0 aromatic heterocycles. The molecule has 0 aromatic rings. The van der Waals surface area contributed by atoms with Crippen LogP contribution in [-0.2, 0) is 4.79 Å². The van der Waals surface area contributed by atoms with Crippen molar-refractivity contribution in [3.05, 3.63) is 113 Å². The van der Waals surface area contributed by atoms with Crippen LogP contribution in [0.25, 0.3) is 0 Å². The van der Waals surface area contributed by atoms with Crippen molar-refractivity contribution in [1.82, 2.24) is 0 Å². The second kappa shape index (κ2) is 15.3. The molecule has 2 aliphatic carbocycles. The van der Waals surface area contributed by atoms with Crippen LogP contribution in [0.2, 0.25) is 0 Å². The zero-order valence-corrected chi connectivity index (χ0v) is 28.7. The fourth-order valence-corrected chi connectivity index (χ4v) is 6.38. The lowest BCUT2D eigenvalue weighted by Gasteiger charge is -2.43. The van der Waals surface area contributed by atoms with Gasteiger partial charge in [0.05, 0.1) is 17.8 Å². The topological polar surface area (TPSA) is 77.8 Å². The van der Waals surface area contributed by atoms with E-state index in [1.54, 1.807) is 13.0 Å². The van der Waals surface area contributed by atoms with Crippen molar-refractivity contribution in [1.29, 1.82) is 0 Å². The molecule has 2 rings (SSSR count). The van der Waals surface area contributed by atoms with Crippen LogP contribution in [0.3, 0.4) is 0 Å². The molecule has 44 heavy (non-hydrogen) atoms. The van der Waals surface area contributed by atoms with Crippen molar-refractivity contribution in [2.45, 2.75) is 113 Å². The van der Waals surface area contributed by atoms with Gasteiger partial charge in [-0.3, -0.25) is 4.79 Å². The fourth-order valence-electron chi connectivity index (χ4n) is 6.38. The monoisotopic (exact) mass is 600 g/mol. The molecule has 0 heterocycles. The molecule has 0 amide bonds. The summed E-state index contributed by atoms with van der Waals surface area (Å²) in [5.74, 6) is 0.0759. The molecule has 0 aromatic carbocycles. The average molecular weight is 601 g/mol. The number of carbonyl (C=O) groups is 1. The summed E-state index contributed by atoms with van der Waals surface area (Å²) in [6.07, 6.45) is 26.8. The number of carbonyl (C=O) groups excluding carboxylic acids is 1. The van der Waals surface area contributed by atoms with E-state index >= 15 is 0 Å². The van der Waals surface area contributed by atoms with Gasteiger partial charge in [0.15, 0.2) is 5.78 Å². The van der Waals surface area contributed by atoms with E-state index in [-0.39, 0.29) is 16.6 Å². The van der Waals surface area contributed by atoms with Gasteiger partial charge in [0.25, 0.3) is 0 Å². The van der Waals surface area contributed by atoms with E-state index in [9.17, 15) is 20.1 Å². The normalized spacial score (nSPS) is 30.2. The van der Waals surface area contributed by atoms with Gasteiger partial charge in [-0.05, 0) is 82.4 Å². The third kappa shape index (κ3) is 10.6. The number of aliphatic hydroxyl groups is 3. The average Bonchev–Trinajstić information content (AvgIpc) is 3.09. The molecule has 3 N–H and O–H groups in total. The Kier molecular flexibility index (Phi) is 12.9. The van der Waals surface area contributed by atoms with Crippen LogP contribution in [-0.4, -0.2) is 38.9 Å². The van der Waals surface area contributed by atoms with E-state index in [1.807, 2.05) is 115 Å². The number of hydrogen-bond acceptors (Lipinski definition) is 4. The molecule has 240 valence electrons. The summed E-state index contributed by atoms with van der Waals surface area (Å²) in [4.78, 5) is 12.9. The van der Waals surface area contributed by atoms with Crippen LogP contribution in [0, 0.1) is 16.2 Å². The lowest BCUT2D eigenvalue weighted by molar-refractivity contribution is -0.127. The smallest absolute Gasteiger partial charge is 0.162 e. The van der Waals surface area contributed by atoms with Gasteiger partial charge in [0.1, 0.15) is 0 Å². The van der Waals surface area contributed by atoms with Gasteiger partial charge in [-0.15, -0.1) is 5.73 Å². The summed E-state index contributed by atoms with van der Waals surface area (Å²) < 4.78 is 0. The lowest BCUT2D eigenvalue weighted by Crippen LogP contribution is -2.45. The number of allylic oxidation sites excluding steroid dienone is 16. The first-order valence-electron chi connectivity index (χ1n) is 15.8. The van der Waals surface area contributed by atoms with Crippen LogP contribution < -0.4 is 0 Å². The number of aliphatic hydroxyl groups excluding tert-OH is 2. The highest BCUT2D eigenvalue weighted by atomic mass is 16.3. The third-order valence-corrected chi connectivity index (χ3v) is 9.23. The zero-order valence-electron chi connectivity index (χ0n) is 28.7. The van der Waals surface area contributed by atoms with Crippen molar-refractivity contribution in [3.63, 3.8) is 0 Å². The molecule has 0 radical (unpaired) electrons. The maximum absolute atomic E-state index is 12.9. The summed E-state index contributed by atoms with van der Waals surface area (Å²) in [5, 5.41) is 31.1. The van der Waals surface area contributed by atoms with E-state index in [4.69, 9.17) is 0 Å². The minimum atomic E-state index is -1.06. The minimum absolute atomic E-state index is 0.0759. The number of ketones is 1. The molecule has 4 atom stereocenters. The van der Waals surface area contributed by atoms with Gasteiger partial charge in [0, 0.05) is 17.4 Å². The number of hydrogen-bond donors (Lipinski definition) is 3. The van der Waals surface area contributed by atoms with Gasteiger partial charge < -0.3 is 15.3 Å². The highest BCUT2D eigenvalue weighted by Gasteiger charge is 2.52. The second-order valence-corrected chi connectivity index (χ2v) is 14.6. The molecule has 2 fully saturated rings. The van der Waals surface area contributed by atoms with Crippen LogP contribution in [0.1, 0.15) is 94.9 Å². The number of rotatable bonds is 10. The maximum Gasteiger partial charge on any atom is 0.162 e. The second-order valence-electron chi connectivity index (χ2n) is 14.6. The molecule has 0 saturated heterocycles. The van der Waals surface area contributed by atoms with Crippen molar-refractivity contribution < 1.29 is 20.1 Å². The zero-order chi connectivity index (χ0) is 33.3. The summed E-state index contributed by atoms with van der Waals surface area (Å²) in [6, 6.07) is 0. The van der Waals surface area contributed by atoms with Crippen molar-refractivity contribution in [2.75, 3.05) is 0 Å². The van der Waals surface area contributed by atoms with Crippen LogP contribution in [0.4, 0.5) is 0 Å². The van der Waals surface area contributed by atoms with E-state index in [0.29, 0.717) is 25.7 Å². The fraction of sp³-hybridized carbons (Fsp3) is 0.500. The SMILES string of the molecule is C\C(C=C=C1C(C)(C)CC(O)CC1(C)O)=C/C=C/C(C)=C/C=C/C=C(C)/C=C/C=C(C)/C=C/C(=O)[C@]1(C)CC(O)CC1(C)C. The molecular formula is C40H56O4. The molecule has 0 spiro atoms. The minimum Gasteiger partial charge on any atom is -0.393 e. The molecule has 0 bridgehead atoms. The van der Waals surface area contributed by atoms with Crippen molar-refractivity contribution in [3.8, 4) is 0 Å². The molecule has 2 saturated carbocycles. The summed E-state index contributed by atoms with van der Waals surface area (Å²) in [7, 11) is 0. The van der Waals surface area contributed by atoms with Crippen molar-refractivity contribution in [2.24, 2.45) is 16.2 Å². The van der Waals surface area contributed by atoms with Crippen molar-refractivity contribution >= 4 is 5.78 Å². The van der Waals surface area contributed by atoms with E-state index in [2.05, 4.69) is 25.7 Å². The van der Waals surface area contributed by atoms with E-state index in [0.717, 1.165) is 27.9 Å². The Labute approximate surface area is 267 Å². The third-order valence-electron chi connectivity index (χ3n) is 9.23. The Morgan fingerprint density at radius 2 is 1.14 bits per heavy atom. The van der Waals surface area contributed by atoms with E-state index in [1.165, 1.54) is 0 Å². The van der Waals surface area contributed by atoms with Gasteiger partial charge in [-0.25, -0.2) is 0 Å². The Morgan fingerprint density at radius 1 is 0.659 bits per heavy atom. The summed E-state index contributed by atoms with van der Waals surface area (Å²) in [5.41, 5.74) is 6.26. The van der Waals surface area contributed by atoms with Gasteiger partial charge in [-0.2, -0.15) is 0 Å². The molecule has 0 aliphatic heterocycles. The molecule has 4 nitrogen and oxygen atoms in total. The molecular weight excluding hydrogens is 544 g/mol. The van der Waals surface area contributed by atoms with Gasteiger partial charge in [-0.1, -0.05) is 118 Å². The molecule has 4 heteroatoms. The highest BCUT2D eigenvalue weighted by molar-refractivity contribution is 5.95. The Morgan fingerprint density at radius 3 is 1.64 bits per heavy atom. The standard InChI is InChI=1S/C40H56O4/c1-29(17-13-19-31(3)21-23-35-37(5,6)25-33(41)28-40(35,10)44)15-11-12-16-30(2)18-14-20-32(4)22-24-36(43)39(9)27-34(42)26-38(39,7)8/h11-22,24,33-34,41-42,44H,25-28H2,1-10H3/b12-11+,17-13+,18-14+,24-22+,29-15+,30-16+,31-19+,32-20+/t23?,33?,34?,39-,40?/m0/s1. The first-order valence-corrected chi connectivity index (χ1v) is 15.8. The largest absolute Gasteiger partial charge is 0.393 e. The predicted molar refractivity (Wildman–Crippen MR) is 185 cm³/mol. The Balaban J connectivity index is 1.93. The molecule has 2 aliphatic rings. The summed E-state index contributed by atoms with van der Waals surface area (Å²) >= 11 is 0. The lowest BCUT2D eigenvalue weighted by atomic mass is 9.65. The van der Waals surface area contributed by atoms with Gasteiger partial charge >= 0.3 is 0 Å². The predicted octanol–water partition coefficient (Wildman–Crippen LogP) is 8.77. The first-order chi connectivity index (χ1) is 20.3. The first kappa shape index (κ1) is 37.2. The van der Waals surface area contributed by atoms with Crippen LogP contribution in [0.15, 0.2) is 113 Å². The van der Waals surface area contributed by atoms with Crippen LogP contribution >= 0.6 is 0 Å². The maximum atomic E-state index is 12.9. The Hall–Kier alpha value is -3.01. The van der Waals surface area contributed by atoms with E-state index < -0.39 is 23.2 Å². The summed E-state index contributed by atoms with van der Waals surface area (Å²) in [6.45, 7) is 20.0. The Bertz CT molecular complexity index is 1340. The van der Waals surface area contributed by atoms with Crippen LogP contribution in [0.5, 0.6) is 0 Å². The quantitative estimate of drug-likeness (QED) is 0.133. The highest BCUT2D eigenvalue weighted by Crippen LogP contribution is 2.53. The molecule has 3 unspecified atom stereocenters. The van der Waals surface area contributed by atoms with Gasteiger partial charge in [0.2, 0.25) is 0 Å².